The molecular formula is C15H24N2O2. The summed E-state index contributed by atoms with van der Waals surface area (Å²) in [5, 5.41) is 9.48. The van der Waals surface area contributed by atoms with Crippen molar-refractivity contribution in [3.05, 3.63) is 23.8 Å². The molecular weight excluding hydrogens is 240 g/mol. The molecule has 0 heterocycles. The van der Waals surface area contributed by atoms with Crippen LogP contribution in [0, 0.1) is 0 Å². The molecule has 0 atom stereocenters. The van der Waals surface area contributed by atoms with Gasteiger partial charge in [-0.25, -0.2) is 0 Å². The van der Waals surface area contributed by atoms with Crippen molar-refractivity contribution in [2.24, 2.45) is 4.99 Å². The summed E-state index contributed by atoms with van der Waals surface area (Å²) in [4.78, 5) is 6.79. The van der Waals surface area contributed by atoms with Crippen LogP contribution in [-0.4, -0.2) is 49.5 Å². The van der Waals surface area contributed by atoms with Gasteiger partial charge in [0.15, 0.2) is 11.5 Å². The fraction of sp³-hybridized carbons (Fsp3) is 0.533. The number of nitrogens with zero attached hydrogens (tertiary/aromatic N) is 2. The minimum absolute atomic E-state index is 0.154. The standard InChI is InChI=1S/C15H24N2O2/c1-4-17(5-2)10-6-9-16-12-13-7-8-14(18)15(11-13)19-3/h7-8,11-12,18H,4-6,9-10H2,1-3H3. The number of aliphatic imine (C=N–C) groups is 1. The van der Waals surface area contributed by atoms with Gasteiger partial charge in [0.25, 0.3) is 0 Å². The topological polar surface area (TPSA) is 45.1 Å². The second-order valence-electron chi connectivity index (χ2n) is 4.35. The smallest absolute Gasteiger partial charge is 0.161 e. The predicted octanol–water partition coefficient (Wildman–Crippen LogP) is 2.55. The fourth-order valence-corrected chi connectivity index (χ4v) is 1.87. The lowest BCUT2D eigenvalue weighted by Gasteiger charge is -2.16. The lowest BCUT2D eigenvalue weighted by molar-refractivity contribution is 0.302. The molecule has 0 bridgehead atoms. The molecule has 0 saturated heterocycles. The van der Waals surface area contributed by atoms with Crippen molar-refractivity contribution in [3.63, 3.8) is 0 Å². The zero-order chi connectivity index (χ0) is 14.1. The molecule has 106 valence electrons. The van der Waals surface area contributed by atoms with Gasteiger partial charge in [0.05, 0.1) is 7.11 Å². The Labute approximate surface area is 115 Å². The summed E-state index contributed by atoms with van der Waals surface area (Å²) >= 11 is 0. The highest BCUT2D eigenvalue weighted by Crippen LogP contribution is 2.25. The number of benzene rings is 1. The van der Waals surface area contributed by atoms with Gasteiger partial charge < -0.3 is 14.7 Å². The summed E-state index contributed by atoms with van der Waals surface area (Å²) in [6, 6.07) is 5.23. The van der Waals surface area contributed by atoms with Crippen LogP contribution in [0.25, 0.3) is 0 Å². The number of phenolic OH excluding ortho intramolecular Hbond substituents is 1. The van der Waals surface area contributed by atoms with Crippen molar-refractivity contribution in [2.45, 2.75) is 20.3 Å². The van der Waals surface area contributed by atoms with E-state index in [1.807, 2.05) is 12.3 Å². The third-order valence-electron chi connectivity index (χ3n) is 3.10. The van der Waals surface area contributed by atoms with Crippen LogP contribution < -0.4 is 4.74 Å². The van der Waals surface area contributed by atoms with Gasteiger partial charge in [-0.05, 0) is 49.8 Å². The third kappa shape index (κ3) is 5.30. The molecule has 1 rings (SSSR count). The summed E-state index contributed by atoms with van der Waals surface area (Å²) < 4.78 is 5.06. The molecule has 1 N–H and O–H groups in total. The number of methoxy groups -OCH3 is 1. The number of rotatable bonds is 8. The van der Waals surface area contributed by atoms with Crippen LogP contribution in [0.4, 0.5) is 0 Å². The van der Waals surface area contributed by atoms with Crippen LogP contribution in [0.1, 0.15) is 25.8 Å². The molecule has 4 heteroatoms. The number of ether oxygens (including phenoxy) is 1. The number of hydrogen-bond acceptors (Lipinski definition) is 4. The van der Waals surface area contributed by atoms with Gasteiger partial charge in [-0.1, -0.05) is 13.8 Å². The van der Waals surface area contributed by atoms with E-state index in [1.54, 1.807) is 19.2 Å². The Morgan fingerprint density at radius 3 is 2.68 bits per heavy atom. The van der Waals surface area contributed by atoms with Crippen LogP contribution in [0.5, 0.6) is 11.5 Å². The summed E-state index contributed by atoms with van der Waals surface area (Å²) in [7, 11) is 1.54. The van der Waals surface area contributed by atoms with Gasteiger partial charge in [-0.15, -0.1) is 0 Å². The first-order chi connectivity index (χ1) is 9.21. The normalized spacial score (nSPS) is 11.4. The minimum Gasteiger partial charge on any atom is -0.504 e. The Hall–Kier alpha value is -1.55. The van der Waals surface area contributed by atoms with E-state index in [9.17, 15) is 5.11 Å². The zero-order valence-electron chi connectivity index (χ0n) is 12.1. The predicted molar refractivity (Wildman–Crippen MR) is 79.5 cm³/mol. The van der Waals surface area contributed by atoms with Gasteiger partial charge >= 0.3 is 0 Å². The van der Waals surface area contributed by atoms with E-state index in [0.717, 1.165) is 38.2 Å². The third-order valence-corrected chi connectivity index (χ3v) is 3.10. The van der Waals surface area contributed by atoms with Crippen LogP contribution >= 0.6 is 0 Å². The average Bonchev–Trinajstić information content (AvgIpc) is 2.44. The largest absolute Gasteiger partial charge is 0.504 e. The van der Waals surface area contributed by atoms with E-state index in [0.29, 0.717) is 5.75 Å². The second-order valence-corrected chi connectivity index (χ2v) is 4.35. The first kappa shape index (κ1) is 15.5. The van der Waals surface area contributed by atoms with E-state index < -0.39 is 0 Å². The van der Waals surface area contributed by atoms with E-state index in [2.05, 4.69) is 23.7 Å². The average molecular weight is 264 g/mol. The quantitative estimate of drug-likeness (QED) is 0.580. The van der Waals surface area contributed by atoms with Gasteiger partial charge in [0.1, 0.15) is 0 Å². The van der Waals surface area contributed by atoms with Crippen LogP contribution in [0.3, 0.4) is 0 Å². The molecule has 0 radical (unpaired) electrons. The molecule has 1 aromatic rings. The molecule has 0 amide bonds. The Kier molecular flexibility index (Phi) is 6.97. The Bertz CT molecular complexity index is 401. The summed E-state index contributed by atoms with van der Waals surface area (Å²) in [5.74, 6) is 0.633. The van der Waals surface area contributed by atoms with Crippen molar-refractivity contribution < 1.29 is 9.84 Å². The van der Waals surface area contributed by atoms with Crippen molar-refractivity contribution in [3.8, 4) is 11.5 Å². The first-order valence-electron chi connectivity index (χ1n) is 6.80. The van der Waals surface area contributed by atoms with Gasteiger partial charge in [0, 0.05) is 12.8 Å². The molecule has 0 aliphatic carbocycles. The highest BCUT2D eigenvalue weighted by atomic mass is 16.5. The SMILES string of the molecule is CCN(CC)CCCN=Cc1ccc(O)c(OC)c1. The van der Waals surface area contributed by atoms with Crippen LogP contribution in [0.2, 0.25) is 0 Å². The van der Waals surface area contributed by atoms with E-state index in [4.69, 9.17) is 4.74 Å². The van der Waals surface area contributed by atoms with Gasteiger partial charge in [0.2, 0.25) is 0 Å². The van der Waals surface area contributed by atoms with E-state index in [-0.39, 0.29) is 5.75 Å². The first-order valence-corrected chi connectivity index (χ1v) is 6.80. The molecule has 4 nitrogen and oxygen atoms in total. The van der Waals surface area contributed by atoms with Gasteiger partial charge in [-0.3, -0.25) is 4.99 Å². The van der Waals surface area contributed by atoms with E-state index >= 15 is 0 Å². The lowest BCUT2D eigenvalue weighted by atomic mass is 10.2. The zero-order valence-corrected chi connectivity index (χ0v) is 12.1. The van der Waals surface area contributed by atoms with Crippen molar-refractivity contribution in [1.29, 1.82) is 0 Å². The maximum atomic E-state index is 9.48. The molecule has 0 saturated carbocycles. The Morgan fingerprint density at radius 1 is 1.32 bits per heavy atom. The monoisotopic (exact) mass is 264 g/mol. The Morgan fingerprint density at radius 2 is 2.05 bits per heavy atom. The summed E-state index contributed by atoms with van der Waals surface area (Å²) in [6.45, 7) is 8.44. The summed E-state index contributed by atoms with van der Waals surface area (Å²) in [5.41, 5.74) is 0.942. The molecule has 19 heavy (non-hydrogen) atoms. The second kappa shape index (κ2) is 8.53. The number of hydrogen-bond donors (Lipinski definition) is 1. The fourth-order valence-electron chi connectivity index (χ4n) is 1.87. The number of aromatic hydroxyl groups is 1. The van der Waals surface area contributed by atoms with Crippen molar-refractivity contribution >= 4 is 6.21 Å². The van der Waals surface area contributed by atoms with Crippen LogP contribution in [0.15, 0.2) is 23.2 Å². The lowest BCUT2D eigenvalue weighted by Crippen LogP contribution is -2.24. The minimum atomic E-state index is 0.154. The molecule has 1 aromatic carbocycles. The Balaban J connectivity index is 2.40. The van der Waals surface area contributed by atoms with Crippen molar-refractivity contribution in [2.75, 3.05) is 33.3 Å². The highest BCUT2D eigenvalue weighted by molar-refractivity contribution is 5.80. The maximum Gasteiger partial charge on any atom is 0.161 e. The van der Waals surface area contributed by atoms with Gasteiger partial charge in [-0.2, -0.15) is 0 Å². The summed E-state index contributed by atoms with van der Waals surface area (Å²) in [6.07, 6.45) is 2.89. The number of phenols is 1. The molecule has 0 unspecified atom stereocenters. The highest BCUT2D eigenvalue weighted by Gasteiger charge is 2.00. The molecule has 0 fully saturated rings. The molecule has 0 aromatic heterocycles. The molecule has 0 aliphatic heterocycles. The van der Waals surface area contributed by atoms with Crippen LogP contribution in [-0.2, 0) is 0 Å². The van der Waals surface area contributed by atoms with Crippen molar-refractivity contribution in [1.82, 2.24) is 4.90 Å². The maximum absolute atomic E-state index is 9.48. The van der Waals surface area contributed by atoms with E-state index in [1.165, 1.54) is 0 Å². The molecule has 0 aliphatic rings. The molecule has 0 spiro atoms.